The summed E-state index contributed by atoms with van der Waals surface area (Å²) < 4.78 is 32.4. The van der Waals surface area contributed by atoms with Gasteiger partial charge in [0.2, 0.25) is 10.0 Å². The van der Waals surface area contributed by atoms with Crippen LogP contribution in [0.3, 0.4) is 0 Å². The van der Waals surface area contributed by atoms with Gasteiger partial charge in [0, 0.05) is 16.9 Å². The van der Waals surface area contributed by atoms with Crippen LogP contribution < -0.4 is 4.72 Å². The number of hydrogen-bond acceptors (Lipinski definition) is 3. The standard InChI is InChI=1S/C10H12Br2ClNO3S/c1-17-6-8(5-11)14-18(15,16)10-3-2-7(12)4-9(10)13/h2-4,8,14H,5-6H2,1H3. The molecule has 1 rings (SSSR count). The zero-order chi connectivity index (χ0) is 13.8. The van der Waals surface area contributed by atoms with Gasteiger partial charge >= 0.3 is 0 Å². The van der Waals surface area contributed by atoms with Gasteiger partial charge in [-0.15, -0.1) is 0 Å². The highest BCUT2D eigenvalue weighted by Crippen LogP contribution is 2.25. The van der Waals surface area contributed by atoms with Crippen LogP contribution in [0, 0.1) is 0 Å². The number of sulfonamides is 1. The Morgan fingerprint density at radius 3 is 2.67 bits per heavy atom. The zero-order valence-corrected chi connectivity index (χ0v) is 14.2. The third-order valence-corrected chi connectivity index (χ3v) is 5.34. The maximum absolute atomic E-state index is 12.1. The van der Waals surface area contributed by atoms with E-state index in [9.17, 15) is 8.42 Å². The monoisotopic (exact) mass is 419 g/mol. The second-order valence-corrected chi connectivity index (χ2v) is 7.16. The van der Waals surface area contributed by atoms with E-state index in [1.807, 2.05) is 0 Å². The average Bonchev–Trinajstić information content (AvgIpc) is 2.27. The van der Waals surface area contributed by atoms with Crippen LogP contribution in [0.15, 0.2) is 27.6 Å². The molecule has 0 radical (unpaired) electrons. The number of hydrogen-bond donors (Lipinski definition) is 1. The molecule has 1 aromatic carbocycles. The summed E-state index contributed by atoms with van der Waals surface area (Å²) in [7, 11) is -2.14. The minimum absolute atomic E-state index is 0.0504. The van der Waals surface area contributed by atoms with Crippen LogP contribution in [0.1, 0.15) is 0 Å². The zero-order valence-electron chi connectivity index (χ0n) is 9.49. The van der Waals surface area contributed by atoms with E-state index in [-0.39, 0.29) is 22.6 Å². The Kier molecular flexibility index (Phi) is 6.57. The van der Waals surface area contributed by atoms with Gasteiger partial charge in [0.25, 0.3) is 0 Å². The molecule has 0 heterocycles. The third kappa shape index (κ3) is 4.47. The summed E-state index contributed by atoms with van der Waals surface area (Å²) in [6.07, 6.45) is 0. The van der Waals surface area contributed by atoms with Crippen molar-refractivity contribution in [3.63, 3.8) is 0 Å². The Labute approximate surface area is 128 Å². The van der Waals surface area contributed by atoms with E-state index < -0.39 is 10.0 Å². The number of benzene rings is 1. The predicted octanol–water partition coefficient (Wildman–Crippen LogP) is 2.79. The van der Waals surface area contributed by atoms with Gasteiger partial charge in [0.1, 0.15) is 4.90 Å². The summed E-state index contributed by atoms with van der Waals surface area (Å²) in [4.78, 5) is 0.0504. The molecule has 0 aliphatic rings. The highest BCUT2D eigenvalue weighted by molar-refractivity contribution is 9.10. The van der Waals surface area contributed by atoms with Gasteiger partial charge in [0.05, 0.1) is 17.7 Å². The summed E-state index contributed by atoms with van der Waals surface area (Å²) in [5.74, 6) is 0. The molecular formula is C10H12Br2ClNO3S. The molecule has 8 heteroatoms. The Morgan fingerprint density at radius 1 is 1.50 bits per heavy atom. The second kappa shape index (κ2) is 7.21. The summed E-state index contributed by atoms with van der Waals surface area (Å²) >= 11 is 12.4. The fourth-order valence-electron chi connectivity index (χ4n) is 1.29. The highest BCUT2D eigenvalue weighted by atomic mass is 79.9. The molecule has 1 unspecified atom stereocenters. The fourth-order valence-corrected chi connectivity index (χ4v) is 4.11. The Bertz CT molecular complexity index is 510. The van der Waals surface area contributed by atoms with Crippen LogP contribution in [-0.2, 0) is 14.8 Å². The van der Waals surface area contributed by atoms with E-state index in [0.29, 0.717) is 5.33 Å². The number of halogens is 3. The van der Waals surface area contributed by atoms with E-state index in [0.717, 1.165) is 4.47 Å². The lowest BCUT2D eigenvalue weighted by Crippen LogP contribution is -2.39. The molecular weight excluding hydrogens is 409 g/mol. The Morgan fingerprint density at radius 2 is 2.17 bits per heavy atom. The minimum Gasteiger partial charge on any atom is -0.383 e. The molecule has 0 saturated heterocycles. The third-order valence-electron chi connectivity index (χ3n) is 2.06. The molecule has 0 fully saturated rings. The smallest absolute Gasteiger partial charge is 0.242 e. The lowest BCUT2D eigenvalue weighted by atomic mass is 10.4. The average molecular weight is 422 g/mol. The fraction of sp³-hybridized carbons (Fsp3) is 0.400. The number of alkyl halides is 1. The van der Waals surface area contributed by atoms with Gasteiger partial charge < -0.3 is 4.74 Å². The maximum Gasteiger partial charge on any atom is 0.242 e. The molecule has 1 N–H and O–H groups in total. The number of rotatable bonds is 6. The molecule has 0 aliphatic carbocycles. The summed E-state index contributed by atoms with van der Waals surface area (Å²) in [6.45, 7) is 0.276. The van der Waals surface area contributed by atoms with Crippen LogP contribution in [0.2, 0.25) is 5.02 Å². The largest absolute Gasteiger partial charge is 0.383 e. The van der Waals surface area contributed by atoms with Crippen LogP contribution in [-0.4, -0.2) is 33.5 Å². The molecule has 1 aromatic rings. The van der Waals surface area contributed by atoms with Crippen molar-refractivity contribution in [3.05, 3.63) is 27.7 Å². The maximum atomic E-state index is 12.1. The van der Waals surface area contributed by atoms with E-state index >= 15 is 0 Å². The van der Waals surface area contributed by atoms with Gasteiger partial charge in [-0.1, -0.05) is 43.5 Å². The highest BCUT2D eigenvalue weighted by Gasteiger charge is 2.22. The number of nitrogens with one attached hydrogen (secondary N) is 1. The summed E-state index contributed by atoms with van der Waals surface area (Å²) in [5.41, 5.74) is 0. The second-order valence-electron chi connectivity index (χ2n) is 3.50. The topological polar surface area (TPSA) is 55.4 Å². The first-order valence-corrected chi connectivity index (χ1v) is 8.70. The molecule has 0 aliphatic heterocycles. The van der Waals surface area contributed by atoms with Crippen molar-refractivity contribution >= 4 is 53.5 Å². The van der Waals surface area contributed by atoms with Crippen molar-refractivity contribution in [2.75, 3.05) is 19.0 Å². The van der Waals surface area contributed by atoms with Gasteiger partial charge in [-0.3, -0.25) is 0 Å². The number of ether oxygens (including phenoxy) is 1. The van der Waals surface area contributed by atoms with Gasteiger partial charge in [-0.05, 0) is 18.2 Å². The SMILES string of the molecule is COCC(CBr)NS(=O)(=O)c1ccc(Br)cc1Cl. The summed E-state index contributed by atoms with van der Waals surface area (Å²) in [6, 6.07) is 4.27. The molecule has 0 spiro atoms. The Hall–Kier alpha value is 0.340. The van der Waals surface area contributed by atoms with Crippen molar-refractivity contribution < 1.29 is 13.2 Å². The lowest BCUT2D eigenvalue weighted by molar-refractivity contribution is 0.182. The Balaban J connectivity index is 2.99. The first kappa shape index (κ1) is 16.4. The first-order chi connectivity index (χ1) is 8.40. The van der Waals surface area contributed by atoms with Crippen LogP contribution >= 0.6 is 43.5 Å². The minimum atomic E-state index is -3.65. The van der Waals surface area contributed by atoms with E-state index in [4.69, 9.17) is 16.3 Å². The predicted molar refractivity (Wildman–Crippen MR) is 78.9 cm³/mol. The molecule has 0 saturated carbocycles. The van der Waals surface area contributed by atoms with Crippen LogP contribution in [0.5, 0.6) is 0 Å². The molecule has 18 heavy (non-hydrogen) atoms. The first-order valence-electron chi connectivity index (χ1n) is 4.93. The van der Waals surface area contributed by atoms with Crippen molar-refractivity contribution in [2.45, 2.75) is 10.9 Å². The molecule has 102 valence electrons. The molecule has 1 atom stereocenters. The molecule has 0 amide bonds. The van der Waals surface area contributed by atoms with E-state index in [1.165, 1.54) is 19.2 Å². The van der Waals surface area contributed by atoms with Crippen molar-refractivity contribution in [1.29, 1.82) is 0 Å². The molecule has 0 bridgehead atoms. The van der Waals surface area contributed by atoms with E-state index in [2.05, 4.69) is 36.6 Å². The lowest BCUT2D eigenvalue weighted by Gasteiger charge is -2.16. The molecule has 0 aromatic heterocycles. The van der Waals surface area contributed by atoms with Gasteiger partial charge in [0.15, 0.2) is 0 Å². The molecule has 4 nitrogen and oxygen atoms in total. The number of methoxy groups -OCH3 is 1. The quantitative estimate of drug-likeness (QED) is 0.719. The van der Waals surface area contributed by atoms with Crippen molar-refractivity contribution in [3.8, 4) is 0 Å². The summed E-state index contributed by atoms with van der Waals surface area (Å²) in [5, 5.41) is 0.622. The van der Waals surface area contributed by atoms with Gasteiger partial charge in [-0.2, -0.15) is 0 Å². The van der Waals surface area contributed by atoms with Gasteiger partial charge in [-0.25, -0.2) is 13.1 Å². The van der Waals surface area contributed by atoms with E-state index in [1.54, 1.807) is 6.07 Å². The van der Waals surface area contributed by atoms with Crippen LogP contribution in [0.25, 0.3) is 0 Å². The van der Waals surface area contributed by atoms with Crippen molar-refractivity contribution in [1.82, 2.24) is 4.72 Å². The van der Waals surface area contributed by atoms with Crippen LogP contribution in [0.4, 0.5) is 0 Å². The van der Waals surface area contributed by atoms with Crippen molar-refractivity contribution in [2.24, 2.45) is 0 Å². The normalized spacial score (nSPS) is 13.6.